The van der Waals surface area contributed by atoms with Crippen molar-refractivity contribution in [1.29, 1.82) is 0 Å². The van der Waals surface area contributed by atoms with Crippen LogP contribution < -0.4 is 15.4 Å². The van der Waals surface area contributed by atoms with Gasteiger partial charge >= 0.3 is 6.03 Å². The number of carbonyl (C=O) groups is 1. The Kier molecular flexibility index (Phi) is 6.17. The van der Waals surface area contributed by atoms with Crippen LogP contribution in [0.3, 0.4) is 0 Å². The van der Waals surface area contributed by atoms with Gasteiger partial charge in [-0.2, -0.15) is 0 Å². The van der Waals surface area contributed by atoms with Crippen LogP contribution in [0.2, 0.25) is 0 Å². The van der Waals surface area contributed by atoms with Crippen molar-refractivity contribution in [3.63, 3.8) is 0 Å². The fourth-order valence-corrected chi connectivity index (χ4v) is 3.98. The quantitative estimate of drug-likeness (QED) is 0.430. The summed E-state index contributed by atoms with van der Waals surface area (Å²) < 4.78 is 3.79. The molecule has 0 saturated carbocycles. The van der Waals surface area contributed by atoms with E-state index in [-0.39, 0.29) is 5.75 Å². The SMILES string of the molecule is CCNSc1scc(NC(=O)Nc2ccccc2-c2ccccc2)c1O. The van der Waals surface area contributed by atoms with E-state index in [1.54, 1.807) is 5.38 Å². The summed E-state index contributed by atoms with van der Waals surface area (Å²) in [5.74, 6) is 0.0763. The van der Waals surface area contributed by atoms with Crippen LogP contribution in [0.25, 0.3) is 11.1 Å². The number of urea groups is 1. The van der Waals surface area contributed by atoms with E-state index in [0.29, 0.717) is 15.6 Å². The molecule has 5 nitrogen and oxygen atoms in total. The Morgan fingerprint density at radius 1 is 1.04 bits per heavy atom. The molecular weight excluding hydrogens is 366 g/mol. The Hall–Kier alpha value is -2.48. The summed E-state index contributed by atoms with van der Waals surface area (Å²) in [6, 6.07) is 17.1. The van der Waals surface area contributed by atoms with Gasteiger partial charge in [0.2, 0.25) is 0 Å². The van der Waals surface area contributed by atoms with Gasteiger partial charge in [0.1, 0.15) is 4.21 Å². The van der Waals surface area contributed by atoms with Crippen LogP contribution in [0, 0.1) is 0 Å². The van der Waals surface area contributed by atoms with Gasteiger partial charge in [0.05, 0.1) is 11.4 Å². The van der Waals surface area contributed by atoms with Crippen LogP contribution >= 0.6 is 23.3 Å². The van der Waals surface area contributed by atoms with Gasteiger partial charge in [-0.1, -0.05) is 55.5 Å². The van der Waals surface area contributed by atoms with Gasteiger partial charge in [-0.3, -0.25) is 4.72 Å². The summed E-state index contributed by atoms with van der Waals surface area (Å²) in [4.78, 5) is 12.4. The second-order valence-electron chi connectivity index (χ2n) is 5.38. The number of hydrogen-bond acceptors (Lipinski definition) is 5. The first-order valence-electron chi connectivity index (χ1n) is 8.11. The molecule has 4 N–H and O–H groups in total. The van der Waals surface area contributed by atoms with Crippen LogP contribution in [0.5, 0.6) is 5.75 Å². The molecule has 2 amide bonds. The average molecular weight is 386 g/mol. The molecule has 0 spiro atoms. The lowest BCUT2D eigenvalue weighted by Gasteiger charge is -2.12. The van der Waals surface area contributed by atoms with Crippen molar-refractivity contribution in [2.24, 2.45) is 0 Å². The molecule has 0 fully saturated rings. The number of rotatable bonds is 6. The lowest BCUT2D eigenvalue weighted by Crippen LogP contribution is -2.19. The van der Waals surface area contributed by atoms with Gasteiger partial charge in [0.15, 0.2) is 5.75 Å². The Balaban J connectivity index is 1.73. The molecular formula is C19H19N3O2S2. The zero-order valence-electron chi connectivity index (χ0n) is 14.2. The monoisotopic (exact) mass is 385 g/mol. The van der Waals surface area contributed by atoms with Gasteiger partial charge in [-0.25, -0.2) is 4.79 Å². The lowest BCUT2D eigenvalue weighted by atomic mass is 10.0. The maximum atomic E-state index is 12.4. The molecule has 0 aliphatic carbocycles. The van der Waals surface area contributed by atoms with Gasteiger partial charge in [0, 0.05) is 17.5 Å². The molecule has 0 unspecified atom stereocenters. The van der Waals surface area contributed by atoms with E-state index in [9.17, 15) is 9.90 Å². The highest BCUT2D eigenvalue weighted by Gasteiger charge is 2.14. The van der Waals surface area contributed by atoms with Crippen molar-refractivity contribution < 1.29 is 9.90 Å². The number of aromatic hydroxyl groups is 1. The Labute approximate surface area is 160 Å². The summed E-state index contributed by atoms with van der Waals surface area (Å²) in [5, 5.41) is 17.5. The van der Waals surface area contributed by atoms with Crippen molar-refractivity contribution in [1.82, 2.24) is 4.72 Å². The van der Waals surface area contributed by atoms with Crippen LogP contribution in [-0.4, -0.2) is 17.7 Å². The van der Waals surface area contributed by atoms with E-state index in [0.717, 1.165) is 17.7 Å². The van der Waals surface area contributed by atoms with E-state index in [4.69, 9.17) is 0 Å². The van der Waals surface area contributed by atoms with E-state index < -0.39 is 6.03 Å². The summed E-state index contributed by atoms with van der Waals surface area (Å²) in [7, 11) is 0. The number of benzene rings is 2. The largest absolute Gasteiger partial charge is 0.504 e. The zero-order chi connectivity index (χ0) is 18.4. The third kappa shape index (κ3) is 4.37. The number of hydrogen-bond donors (Lipinski definition) is 4. The average Bonchev–Trinajstić information content (AvgIpc) is 3.01. The topological polar surface area (TPSA) is 73.4 Å². The molecule has 2 aromatic carbocycles. The normalized spacial score (nSPS) is 10.5. The molecule has 7 heteroatoms. The minimum atomic E-state index is -0.401. The number of nitrogens with one attached hydrogen (secondary N) is 3. The first kappa shape index (κ1) is 18.3. The van der Waals surface area contributed by atoms with Crippen LogP contribution in [0.1, 0.15) is 6.92 Å². The maximum absolute atomic E-state index is 12.4. The highest BCUT2D eigenvalue weighted by atomic mass is 32.2. The van der Waals surface area contributed by atoms with E-state index in [1.807, 2.05) is 61.5 Å². The predicted molar refractivity (Wildman–Crippen MR) is 110 cm³/mol. The molecule has 0 bridgehead atoms. The Bertz CT molecular complexity index is 882. The van der Waals surface area contributed by atoms with Crippen LogP contribution in [-0.2, 0) is 0 Å². The first-order chi connectivity index (χ1) is 12.7. The molecule has 0 radical (unpaired) electrons. The third-order valence-corrected chi connectivity index (χ3v) is 5.66. The van der Waals surface area contributed by atoms with E-state index in [1.165, 1.54) is 23.3 Å². The van der Waals surface area contributed by atoms with Gasteiger partial charge in [0.25, 0.3) is 0 Å². The first-order valence-corrected chi connectivity index (χ1v) is 9.81. The molecule has 0 aliphatic rings. The molecule has 26 heavy (non-hydrogen) atoms. The highest BCUT2D eigenvalue weighted by molar-refractivity contribution is 7.99. The second-order valence-corrected chi connectivity index (χ2v) is 7.42. The van der Waals surface area contributed by atoms with E-state index >= 15 is 0 Å². The number of anilines is 2. The maximum Gasteiger partial charge on any atom is 0.323 e. The lowest BCUT2D eigenvalue weighted by molar-refractivity contribution is 0.262. The van der Waals surface area contributed by atoms with Crippen molar-refractivity contribution in [2.75, 3.05) is 17.2 Å². The standard InChI is InChI=1S/C19H19N3O2S2/c1-2-20-26-18-17(23)16(12-25-18)22-19(24)21-15-11-7-6-10-14(15)13-8-4-3-5-9-13/h3-12,20,23H,2H2,1H3,(H2,21,22,24). The number of carbonyl (C=O) groups excluding carboxylic acids is 1. The molecule has 3 rings (SSSR count). The smallest absolute Gasteiger partial charge is 0.323 e. The molecule has 0 atom stereocenters. The van der Waals surface area contributed by atoms with Crippen LogP contribution in [0.15, 0.2) is 64.2 Å². The summed E-state index contributed by atoms with van der Waals surface area (Å²) in [6.45, 7) is 2.76. The predicted octanol–water partition coefficient (Wildman–Crippen LogP) is 5.38. The minimum absolute atomic E-state index is 0.0763. The molecule has 134 valence electrons. The molecule has 3 aromatic rings. The zero-order valence-corrected chi connectivity index (χ0v) is 15.8. The van der Waals surface area contributed by atoms with E-state index in [2.05, 4.69) is 15.4 Å². The summed E-state index contributed by atoms with van der Waals surface area (Å²) in [5.41, 5.74) is 3.05. The summed E-state index contributed by atoms with van der Waals surface area (Å²) >= 11 is 2.72. The van der Waals surface area contributed by atoms with Gasteiger partial charge in [-0.15, -0.1) is 11.3 Å². The number of thiophene rings is 1. The third-order valence-electron chi connectivity index (χ3n) is 3.55. The Morgan fingerprint density at radius 3 is 2.50 bits per heavy atom. The van der Waals surface area contributed by atoms with Crippen molar-refractivity contribution >= 4 is 40.7 Å². The second kappa shape index (κ2) is 8.75. The fourth-order valence-electron chi connectivity index (χ4n) is 2.37. The van der Waals surface area contributed by atoms with Crippen molar-refractivity contribution in [3.05, 3.63) is 60.0 Å². The fraction of sp³-hybridized carbons (Fsp3) is 0.105. The molecule has 1 aromatic heterocycles. The number of amides is 2. The Morgan fingerprint density at radius 2 is 1.73 bits per heavy atom. The summed E-state index contributed by atoms with van der Waals surface area (Å²) in [6.07, 6.45) is 0. The minimum Gasteiger partial charge on any atom is -0.504 e. The molecule has 0 aliphatic heterocycles. The number of para-hydroxylation sites is 1. The van der Waals surface area contributed by atoms with Gasteiger partial charge < -0.3 is 15.7 Å². The van der Waals surface area contributed by atoms with Gasteiger partial charge in [-0.05, 0) is 23.6 Å². The van der Waals surface area contributed by atoms with Crippen molar-refractivity contribution in [2.45, 2.75) is 11.1 Å². The highest BCUT2D eigenvalue weighted by Crippen LogP contribution is 2.40. The van der Waals surface area contributed by atoms with Crippen LogP contribution in [0.4, 0.5) is 16.2 Å². The molecule has 1 heterocycles. The van der Waals surface area contributed by atoms with Crippen molar-refractivity contribution in [3.8, 4) is 16.9 Å². The molecule has 0 saturated heterocycles.